The number of carbonyl (C=O) groups is 2. The summed E-state index contributed by atoms with van der Waals surface area (Å²) in [5.41, 5.74) is 0. The summed E-state index contributed by atoms with van der Waals surface area (Å²) in [5, 5.41) is 0. The molecule has 0 saturated heterocycles. The van der Waals surface area contributed by atoms with E-state index in [1.165, 1.54) is 225 Å². The van der Waals surface area contributed by atoms with Gasteiger partial charge in [-0.05, 0) is 83.5 Å². The molecule has 1 atom stereocenters. The maximum Gasteiger partial charge on any atom is 0.306 e. The number of rotatable bonds is 56. The summed E-state index contributed by atoms with van der Waals surface area (Å²) < 4.78 is 17.5. The highest BCUT2D eigenvalue weighted by Gasteiger charge is 2.17. The molecule has 0 saturated carbocycles. The summed E-state index contributed by atoms with van der Waals surface area (Å²) in [7, 11) is 0. The highest BCUT2D eigenvalue weighted by Crippen LogP contribution is 2.16. The maximum atomic E-state index is 12.9. The Balaban J connectivity index is 4.25. The Bertz CT molecular complexity index is 1120. The molecule has 0 bridgehead atoms. The highest BCUT2D eigenvalue weighted by atomic mass is 16.6. The van der Waals surface area contributed by atoms with Crippen LogP contribution in [0.1, 0.15) is 316 Å². The predicted molar refractivity (Wildman–Crippen MR) is 298 cm³/mol. The van der Waals surface area contributed by atoms with Crippen molar-refractivity contribution in [1.29, 1.82) is 0 Å². The zero-order valence-electron chi connectivity index (χ0n) is 45.9. The van der Waals surface area contributed by atoms with Gasteiger partial charge in [-0.1, -0.05) is 268 Å². The van der Waals surface area contributed by atoms with Crippen molar-refractivity contribution in [2.24, 2.45) is 0 Å². The number of carbonyl (C=O) groups excluding carboxylic acids is 2. The van der Waals surface area contributed by atoms with Crippen LogP contribution in [0.4, 0.5) is 0 Å². The minimum Gasteiger partial charge on any atom is -0.462 e. The van der Waals surface area contributed by atoms with Gasteiger partial charge in [0.25, 0.3) is 0 Å². The van der Waals surface area contributed by atoms with E-state index >= 15 is 0 Å². The van der Waals surface area contributed by atoms with Crippen molar-refractivity contribution in [2.45, 2.75) is 322 Å². The molecule has 0 aliphatic heterocycles. The standard InChI is InChI=1S/C63H116O5/c1-4-7-10-13-16-19-22-25-28-30-31-32-34-37-40-43-46-49-52-55-58-66-59-61(68-63(65)57-54-51-48-45-42-39-35-27-24-21-18-15-12-9-6-3)60-67-62(64)56-53-50-47-44-41-38-36-33-29-26-23-20-17-14-11-8-5-2/h16-17,19-20,25-26,28-29,61H,4-15,18,21-24,27,30-60H2,1-3H3/b19-16-,20-17-,28-25-,29-26-. The molecule has 0 spiro atoms. The van der Waals surface area contributed by atoms with Crippen LogP contribution in [0.5, 0.6) is 0 Å². The quantitative estimate of drug-likeness (QED) is 0.0345. The number of unbranched alkanes of at least 4 members (excludes halogenated alkanes) is 37. The van der Waals surface area contributed by atoms with Crippen LogP contribution in [0.25, 0.3) is 0 Å². The number of hydrogen-bond acceptors (Lipinski definition) is 5. The summed E-state index contributed by atoms with van der Waals surface area (Å²) in [5.74, 6) is -0.390. The van der Waals surface area contributed by atoms with Crippen LogP contribution in [0.3, 0.4) is 0 Å². The van der Waals surface area contributed by atoms with Gasteiger partial charge in [-0.3, -0.25) is 9.59 Å². The van der Waals surface area contributed by atoms with Gasteiger partial charge in [-0.15, -0.1) is 0 Å². The smallest absolute Gasteiger partial charge is 0.306 e. The second kappa shape index (κ2) is 59.2. The second-order valence-electron chi connectivity index (χ2n) is 20.3. The lowest BCUT2D eigenvalue weighted by molar-refractivity contribution is -0.163. The van der Waals surface area contributed by atoms with Crippen LogP contribution in [-0.2, 0) is 23.8 Å². The van der Waals surface area contributed by atoms with Crippen LogP contribution >= 0.6 is 0 Å². The van der Waals surface area contributed by atoms with Crippen molar-refractivity contribution < 1.29 is 23.8 Å². The third kappa shape index (κ3) is 56.4. The molecule has 0 aromatic heterocycles. The van der Waals surface area contributed by atoms with Gasteiger partial charge in [-0.25, -0.2) is 0 Å². The molecule has 0 heterocycles. The van der Waals surface area contributed by atoms with Crippen molar-refractivity contribution in [3.05, 3.63) is 48.6 Å². The molecule has 0 rings (SSSR count). The van der Waals surface area contributed by atoms with Crippen LogP contribution in [0.15, 0.2) is 48.6 Å². The molecule has 5 heteroatoms. The van der Waals surface area contributed by atoms with E-state index < -0.39 is 6.10 Å². The first kappa shape index (κ1) is 65.9. The van der Waals surface area contributed by atoms with Gasteiger partial charge in [0, 0.05) is 19.4 Å². The van der Waals surface area contributed by atoms with Crippen molar-refractivity contribution in [3.63, 3.8) is 0 Å². The van der Waals surface area contributed by atoms with Crippen LogP contribution in [0.2, 0.25) is 0 Å². The van der Waals surface area contributed by atoms with Gasteiger partial charge in [0.05, 0.1) is 6.61 Å². The summed E-state index contributed by atoms with van der Waals surface area (Å²) in [6.07, 6.45) is 74.2. The first-order valence-corrected chi connectivity index (χ1v) is 30.2. The van der Waals surface area contributed by atoms with E-state index in [4.69, 9.17) is 14.2 Å². The summed E-state index contributed by atoms with van der Waals surface area (Å²) in [6.45, 7) is 7.82. The fraction of sp³-hybridized carbons (Fsp3) is 0.841. The van der Waals surface area contributed by atoms with Crippen LogP contribution < -0.4 is 0 Å². The maximum absolute atomic E-state index is 12.9. The molecule has 0 aromatic rings. The molecular weight excluding hydrogens is 837 g/mol. The zero-order chi connectivity index (χ0) is 49.2. The van der Waals surface area contributed by atoms with E-state index in [1.54, 1.807) is 0 Å². The number of allylic oxidation sites excluding steroid dienone is 8. The van der Waals surface area contributed by atoms with Crippen LogP contribution in [0, 0.1) is 0 Å². The Morgan fingerprint density at radius 1 is 0.324 bits per heavy atom. The lowest BCUT2D eigenvalue weighted by Crippen LogP contribution is -2.30. The van der Waals surface area contributed by atoms with E-state index in [0.717, 1.165) is 57.8 Å². The molecule has 0 N–H and O–H groups in total. The molecule has 0 fully saturated rings. The Labute approximate surface area is 424 Å². The lowest BCUT2D eigenvalue weighted by atomic mass is 10.0. The predicted octanol–water partition coefficient (Wildman–Crippen LogP) is 20.7. The van der Waals surface area contributed by atoms with E-state index in [-0.39, 0.29) is 25.2 Å². The average molecular weight is 954 g/mol. The summed E-state index contributed by atoms with van der Waals surface area (Å²) in [6, 6.07) is 0. The van der Waals surface area contributed by atoms with Gasteiger partial charge in [0.2, 0.25) is 0 Å². The number of ether oxygens (including phenoxy) is 3. The molecule has 5 nitrogen and oxygen atoms in total. The average Bonchev–Trinajstić information content (AvgIpc) is 3.34. The van der Waals surface area contributed by atoms with Gasteiger partial charge >= 0.3 is 11.9 Å². The third-order valence-corrected chi connectivity index (χ3v) is 13.3. The second-order valence-corrected chi connectivity index (χ2v) is 20.3. The van der Waals surface area contributed by atoms with E-state index in [9.17, 15) is 9.59 Å². The van der Waals surface area contributed by atoms with Crippen molar-refractivity contribution >= 4 is 11.9 Å². The van der Waals surface area contributed by atoms with Gasteiger partial charge < -0.3 is 14.2 Å². The topological polar surface area (TPSA) is 61.8 Å². The SMILES string of the molecule is CCCCC/C=C\C/C=C\CCCCCCCCCCCCOCC(COC(=O)CCCCCCCCC/C=C\C/C=C\CCCCC)OC(=O)CCCCCCCCCCCCCCCCC. The fourth-order valence-corrected chi connectivity index (χ4v) is 8.81. The third-order valence-electron chi connectivity index (χ3n) is 13.3. The van der Waals surface area contributed by atoms with Gasteiger partial charge in [0.15, 0.2) is 6.10 Å². The molecule has 0 amide bonds. The van der Waals surface area contributed by atoms with Gasteiger partial charge in [0.1, 0.15) is 6.61 Å². The monoisotopic (exact) mass is 953 g/mol. The first-order chi connectivity index (χ1) is 33.6. The van der Waals surface area contributed by atoms with Crippen molar-refractivity contribution in [2.75, 3.05) is 19.8 Å². The van der Waals surface area contributed by atoms with Gasteiger partial charge in [-0.2, -0.15) is 0 Å². The molecule has 0 aromatic carbocycles. The lowest BCUT2D eigenvalue weighted by Gasteiger charge is -2.18. The summed E-state index contributed by atoms with van der Waals surface area (Å²) in [4.78, 5) is 25.5. The molecular formula is C63H116O5. The zero-order valence-corrected chi connectivity index (χ0v) is 45.9. The highest BCUT2D eigenvalue weighted by molar-refractivity contribution is 5.70. The van der Waals surface area contributed by atoms with E-state index in [0.29, 0.717) is 19.4 Å². The molecule has 68 heavy (non-hydrogen) atoms. The normalized spacial score (nSPS) is 12.5. The molecule has 398 valence electrons. The molecule has 1 unspecified atom stereocenters. The molecule has 0 aliphatic carbocycles. The minimum atomic E-state index is -0.539. The number of esters is 2. The number of hydrogen-bond donors (Lipinski definition) is 0. The largest absolute Gasteiger partial charge is 0.462 e. The van der Waals surface area contributed by atoms with Crippen molar-refractivity contribution in [1.82, 2.24) is 0 Å². The summed E-state index contributed by atoms with van der Waals surface area (Å²) >= 11 is 0. The minimum absolute atomic E-state index is 0.0840. The Kier molecular flexibility index (Phi) is 57.3. The Morgan fingerprint density at radius 2 is 0.618 bits per heavy atom. The van der Waals surface area contributed by atoms with E-state index in [1.807, 2.05) is 0 Å². The Morgan fingerprint density at radius 3 is 1.00 bits per heavy atom. The van der Waals surface area contributed by atoms with Crippen LogP contribution in [-0.4, -0.2) is 37.9 Å². The van der Waals surface area contributed by atoms with E-state index in [2.05, 4.69) is 69.4 Å². The fourth-order valence-electron chi connectivity index (χ4n) is 8.81. The Hall–Kier alpha value is -2.14. The molecule has 0 aliphatic rings. The van der Waals surface area contributed by atoms with Crippen molar-refractivity contribution in [3.8, 4) is 0 Å². The molecule has 0 radical (unpaired) electrons. The first-order valence-electron chi connectivity index (χ1n) is 30.2.